The van der Waals surface area contributed by atoms with Crippen molar-refractivity contribution >= 4 is 81.4 Å². The number of azo groups is 1. The molecule has 0 heterocycles. The molecule has 0 aliphatic rings. The number of carbonyl (C=O) groups is 7. The van der Waals surface area contributed by atoms with Gasteiger partial charge in [0.1, 0.15) is 39.5 Å². The summed E-state index contributed by atoms with van der Waals surface area (Å²) in [5.74, 6) is -3.59. The van der Waals surface area contributed by atoms with Crippen LogP contribution in [-0.4, -0.2) is 71.7 Å². The third-order valence-electron chi connectivity index (χ3n) is 13.9. The number of alkyl halides is 3. The Kier molecular flexibility index (Phi) is 19.8. The first kappa shape index (κ1) is 64.0. The van der Waals surface area contributed by atoms with Gasteiger partial charge in [0.15, 0.2) is 5.75 Å². The minimum Gasteiger partial charge on any atom is -0.494 e. The standard InChI is InChI=1S/C63H68F3N5O13/c1-14-59(5,6)81-55(75)69(52(72)39-24-19-18-20-25-39)43-31-33-44(34-32-43)70(56(76)82-60(7,8)15-2)54(74)47-36-40-26-21-22-29-46(40)50(51(47)80-58(78)84-62(11,12)17-4)68-67-48-37-41(30-35-49(48)79-13)53(73)71(57(77)83-61(9,10)16-3)45-28-23-27-42(38-45)63(64,65)66/h18-38H,14-17H2,1-13H3/b68-67+. The van der Waals surface area contributed by atoms with E-state index in [0.717, 1.165) is 29.2 Å². The smallest absolute Gasteiger partial charge is 0.494 e. The van der Waals surface area contributed by atoms with E-state index in [2.05, 4.69) is 10.2 Å². The summed E-state index contributed by atoms with van der Waals surface area (Å²) >= 11 is 0. The van der Waals surface area contributed by atoms with E-state index in [1.54, 1.807) is 119 Å². The molecule has 84 heavy (non-hydrogen) atoms. The molecule has 6 aromatic carbocycles. The minimum absolute atomic E-state index is 0.00260. The number of hydrogen-bond acceptors (Lipinski definition) is 15. The Hall–Kier alpha value is -9.14. The van der Waals surface area contributed by atoms with Crippen molar-refractivity contribution in [3.05, 3.63) is 150 Å². The highest BCUT2D eigenvalue weighted by molar-refractivity contribution is 6.23. The van der Waals surface area contributed by atoms with Gasteiger partial charge in [-0.15, -0.1) is 10.2 Å². The quantitative estimate of drug-likeness (QED) is 0.0340. The minimum atomic E-state index is -4.85. The molecule has 6 amide bonds. The molecule has 0 spiro atoms. The second-order valence-corrected chi connectivity index (χ2v) is 21.8. The van der Waals surface area contributed by atoms with Gasteiger partial charge in [0, 0.05) is 16.5 Å². The van der Waals surface area contributed by atoms with Crippen LogP contribution in [0, 0.1) is 0 Å². The van der Waals surface area contributed by atoms with Crippen LogP contribution in [0.4, 0.5) is 60.8 Å². The number of imide groups is 3. The van der Waals surface area contributed by atoms with Crippen molar-refractivity contribution in [3.63, 3.8) is 0 Å². The monoisotopic (exact) mass is 1160 g/mol. The molecule has 0 unspecified atom stereocenters. The predicted octanol–water partition coefficient (Wildman–Crippen LogP) is 16.9. The molecule has 6 aromatic rings. The lowest BCUT2D eigenvalue weighted by molar-refractivity contribution is -0.137. The van der Waals surface area contributed by atoms with Crippen molar-refractivity contribution in [1.82, 2.24) is 0 Å². The maximum Gasteiger partial charge on any atom is 0.514 e. The van der Waals surface area contributed by atoms with Crippen molar-refractivity contribution in [2.75, 3.05) is 21.8 Å². The topological polar surface area (TPSA) is 209 Å². The normalized spacial score (nSPS) is 12.0. The molecule has 0 radical (unpaired) electrons. The van der Waals surface area contributed by atoms with E-state index in [1.165, 1.54) is 61.7 Å². The predicted molar refractivity (Wildman–Crippen MR) is 310 cm³/mol. The SMILES string of the molecule is CCC(C)(C)OC(=O)Oc1c(C(=O)N(C(=O)OC(C)(C)CC)c2ccc(N(C(=O)OC(C)(C)CC)C(=O)c3ccccc3)cc2)cc2ccccc2c1/N=N/c1cc(C(=O)N(C(=O)OC(C)(C)CC)c2cccc(C(F)(F)F)c2)ccc1OC. The maximum absolute atomic E-state index is 15.6. The van der Waals surface area contributed by atoms with Crippen LogP contribution in [0.1, 0.15) is 145 Å². The number of methoxy groups -OCH3 is 1. The first-order chi connectivity index (χ1) is 39.4. The Balaban J connectivity index is 1.56. The Bertz CT molecular complexity index is 3470. The van der Waals surface area contributed by atoms with Gasteiger partial charge in [-0.3, -0.25) is 14.4 Å². The summed E-state index contributed by atoms with van der Waals surface area (Å²) in [6.07, 6.45) is -8.32. The second kappa shape index (κ2) is 26.0. The molecule has 0 aromatic heterocycles. The third kappa shape index (κ3) is 15.5. The highest BCUT2D eigenvalue weighted by Gasteiger charge is 2.38. The van der Waals surface area contributed by atoms with Gasteiger partial charge < -0.3 is 28.4 Å². The lowest BCUT2D eigenvalue weighted by atomic mass is 10.0. The zero-order valence-corrected chi connectivity index (χ0v) is 49.1. The van der Waals surface area contributed by atoms with Crippen LogP contribution in [0.2, 0.25) is 0 Å². The van der Waals surface area contributed by atoms with E-state index in [4.69, 9.17) is 28.4 Å². The lowest BCUT2D eigenvalue weighted by Crippen LogP contribution is -2.42. The number of anilines is 3. The highest BCUT2D eigenvalue weighted by atomic mass is 19.4. The molecular weight excluding hydrogens is 1090 g/mol. The third-order valence-corrected chi connectivity index (χ3v) is 13.9. The number of amides is 6. The van der Waals surface area contributed by atoms with E-state index < -0.39 is 93.3 Å². The summed E-state index contributed by atoms with van der Waals surface area (Å²) in [5.41, 5.74) is -7.25. The van der Waals surface area contributed by atoms with Crippen molar-refractivity contribution in [1.29, 1.82) is 0 Å². The summed E-state index contributed by atoms with van der Waals surface area (Å²) in [6, 6.07) is 28.3. The molecule has 0 aliphatic carbocycles. The Morgan fingerprint density at radius 3 is 1.46 bits per heavy atom. The number of rotatable bonds is 18. The van der Waals surface area contributed by atoms with Crippen LogP contribution in [-0.2, 0) is 25.1 Å². The van der Waals surface area contributed by atoms with Crippen LogP contribution in [0.25, 0.3) is 10.8 Å². The number of benzene rings is 6. The molecule has 21 heteroatoms. The first-order valence-corrected chi connectivity index (χ1v) is 27.0. The Morgan fingerprint density at radius 1 is 0.476 bits per heavy atom. The molecule has 0 saturated heterocycles. The number of halogens is 3. The maximum atomic E-state index is 15.6. The van der Waals surface area contributed by atoms with Crippen LogP contribution in [0.3, 0.4) is 0 Å². The van der Waals surface area contributed by atoms with Gasteiger partial charge in [-0.05, 0) is 165 Å². The van der Waals surface area contributed by atoms with Gasteiger partial charge in [0.2, 0.25) is 0 Å². The fourth-order valence-electron chi connectivity index (χ4n) is 7.59. The lowest BCUT2D eigenvalue weighted by Gasteiger charge is -2.30. The van der Waals surface area contributed by atoms with Crippen LogP contribution < -0.4 is 24.2 Å². The molecule has 18 nitrogen and oxygen atoms in total. The average molecular weight is 1160 g/mol. The van der Waals surface area contributed by atoms with Crippen LogP contribution >= 0.6 is 0 Å². The fraction of sp³-hybridized carbons (Fsp3) is 0.349. The molecule has 0 bridgehead atoms. The molecule has 444 valence electrons. The number of carbonyl (C=O) groups excluding carboxylic acids is 7. The second-order valence-electron chi connectivity index (χ2n) is 21.8. The largest absolute Gasteiger partial charge is 0.514 e. The van der Waals surface area contributed by atoms with Gasteiger partial charge in [-0.2, -0.15) is 13.2 Å². The molecule has 0 aliphatic heterocycles. The summed E-state index contributed by atoms with van der Waals surface area (Å²) < 4.78 is 76.8. The zero-order valence-electron chi connectivity index (χ0n) is 49.1. The molecule has 0 atom stereocenters. The van der Waals surface area contributed by atoms with Gasteiger partial charge in [0.25, 0.3) is 17.7 Å². The van der Waals surface area contributed by atoms with Gasteiger partial charge >= 0.3 is 30.6 Å². The van der Waals surface area contributed by atoms with Gasteiger partial charge in [-0.1, -0.05) is 76.2 Å². The van der Waals surface area contributed by atoms with Crippen molar-refractivity contribution in [2.24, 2.45) is 10.2 Å². The van der Waals surface area contributed by atoms with E-state index in [-0.39, 0.29) is 51.4 Å². The van der Waals surface area contributed by atoms with Crippen molar-refractivity contribution < 1.29 is 75.2 Å². The summed E-state index contributed by atoms with van der Waals surface area (Å²) in [6.45, 7) is 20.0. The van der Waals surface area contributed by atoms with E-state index in [0.29, 0.717) is 40.5 Å². The highest BCUT2D eigenvalue weighted by Crippen LogP contribution is 2.44. The molecule has 0 N–H and O–H groups in total. The zero-order chi connectivity index (χ0) is 62.1. The first-order valence-electron chi connectivity index (χ1n) is 27.0. The number of ether oxygens (including phenoxy) is 6. The number of fused-ring (bicyclic) bond motifs is 1. The number of nitrogens with zero attached hydrogens (tertiary/aromatic N) is 5. The molecule has 6 rings (SSSR count). The Morgan fingerprint density at radius 2 is 0.952 bits per heavy atom. The van der Waals surface area contributed by atoms with E-state index in [1.807, 2.05) is 6.92 Å². The van der Waals surface area contributed by atoms with E-state index >= 15 is 4.79 Å². The number of hydrogen-bond donors (Lipinski definition) is 0. The van der Waals surface area contributed by atoms with E-state index in [9.17, 15) is 41.9 Å². The summed E-state index contributed by atoms with van der Waals surface area (Å²) in [4.78, 5) is 103. The molecule has 0 fully saturated rings. The van der Waals surface area contributed by atoms with Crippen LogP contribution in [0.15, 0.2) is 138 Å². The summed E-state index contributed by atoms with van der Waals surface area (Å²) in [7, 11) is 1.28. The molecule has 0 saturated carbocycles. The average Bonchev–Trinajstić information content (AvgIpc) is 1.81. The van der Waals surface area contributed by atoms with Crippen molar-refractivity contribution in [3.8, 4) is 11.5 Å². The van der Waals surface area contributed by atoms with Crippen molar-refractivity contribution in [2.45, 2.75) is 137 Å². The summed E-state index contributed by atoms with van der Waals surface area (Å²) in [5, 5.41) is 9.50. The van der Waals surface area contributed by atoms with Crippen LogP contribution in [0.5, 0.6) is 11.5 Å². The fourth-order valence-corrected chi connectivity index (χ4v) is 7.59. The molecular formula is C63H68F3N5O13. The van der Waals surface area contributed by atoms with Gasteiger partial charge in [0.05, 0.1) is 35.3 Å². The Labute approximate surface area is 485 Å². The van der Waals surface area contributed by atoms with Gasteiger partial charge in [-0.25, -0.2) is 33.9 Å².